The summed E-state index contributed by atoms with van der Waals surface area (Å²) in [5.74, 6) is 0.639. The monoisotopic (exact) mass is 292 g/mol. The second kappa shape index (κ2) is 5.79. The van der Waals surface area contributed by atoms with Crippen molar-refractivity contribution >= 4 is 23.1 Å². The van der Waals surface area contributed by atoms with Crippen LogP contribution in [-0.4, -0.2) is 24.0 Å². The number of rotatable bonds is 4. The molecule has 1 aromatic carbocycles. The van der Waals surface area contributed by atoms with Crippen molar-refractivity contribution in [2.75, 3.05) is 13.2 Å². The lowest BCUT2D eigenvalue weighted by Gasteiger charge is -2.28. The van der Waals surface area contributed by atoms with Crippen LogP contribution >= 0.6 is 12.2 Å². The Balaban J connectivity index is 2.06. The van der Waals surface area contributed by atoms with Gasteiger partial charge in [0, 0.05) is 17.5 Å². The van der Waals surface area contributed by atoms with Crippen molar-refractivity contribution in [2.24, 2.45) is 11.1 Å². The van der Waals surface area contributed by atoms with Gasteiger partial charge in [-0.1, -0.05) is 44.3 Å². The molecule has 2 rings (SSSR count). The molecule has 1 aliphatic heterocycles. The van der Waals surface area contributed by atoms with Gasteiger partial charge in [0.2, 0.25) is 5.91 Å². The SMILES string of the molecule is CC(C)(CNC(=O)C1CCOc2ccccc21)C(N)=S. The maximum absolute atomic E-state index is 12.4. The molecular formula is C15H20N2O2S. The lowest BCUT2D eigenvalue weighted by atomic mass is 9.90. The molecule has 0 fully saturated rings. The first-order valence-electron chi connectivity index (χ1n) is 6.71. The molecule has 20 heavy (non-hydrogen) atoms. The van der Waals surface area contributed by atoms with E-state index in [0.717, 1.165) is 11.3 Å². The largest absolute Gasteiger partial charge is 0.493 e. The first kappa shape index (κ1) is 14.8. The molecule has 0 saturated carbocycles. The summed E-state index contributed by atoms with van der Waals surface area (Å²) in [5.41, 5.74) is 6.24. The highest BCUT2D eigenvalue weighted by molar-refractivity contribution is 7.80. The van der Waals surface area contributed by atoms with Crippen molar-refractivity contribution in [2.45, 2.75) is 26.2 Å². The smallest absolute Gasteiger partial charge is 0.227 e. The molecule has 0 radical (unpaired) electrons. The molecule has 1 heterocycles. The van der Waals surface area contributed by atoms with E-state index in [4.69, 9.17) is 22.7 Å². The molecule has 108 valence electrons. The molecule has 1 amide bonds. The first-order chi connectivity index (χ1) is 9.42. The maximum Gasteiger partial charge on any atom is 0.227 e. The minimum absolute atomic E-state index is 0.00470. The Morgan fingerprint density at radius 2 is 2.20 bits per heavy atom. The van der Waals surface area contributed by atoms with Crippen LogP contribution in [0.15, 0.2) is 24.3 Å². The average Bonchev–Trinajstić information content (AvgIpc) is 2.44. The van der Waals surface area contributed by atoms with Crippen molar-refractivity contribution in [3.8, 4) is 5.75 Å². The van der Waals surface area contributed by atoms with E-state index in [1.807, 2.05) is 38.1 Å². The first-order valence-corrected chi connectivity index (χ1v) is 7.12. The number of fused-ring (bicyclic) bond motifs is 1. The van der Waals surface area contributed by atoms with E-state index in [1.54, 1.807) is 0 Å². The van der Waals surface area contributed by atoms with Crippen molar-refractivity contribution in [1.29, 1.82) is 0 Å². The van der Waals surface area contributed by atoms with Crippen LogP contribution in [0.25, 0.3) is 0 Å². The van der Waals surface area contributed by atoms with Crippen LogP contribution in [0.5, 0.6) is 5.75 Å². The van der Waals surface area contributed by atoms with Crippen LogP contribution in [0.3, 0.4) is 0 Å². The topological polar surface area (TPSA) is 64.3 Å². The van der Waals surface area contributed by atoms with E-state index in [-0.39, 0.29) is 17.2 Å². The van der Waals surface area contributed by atoms with E-state index >= 15 is 0 Å². The summed E-state index contributed by atoms with van der Waals surface area (Å²) in [6.45, 7) is 4.86. The fraction of sp³-hybridized carbons (Fsp3) is 0.467. The maximum atomic E-state index is 12.4. The van der Waals surface area contributed by atoms with Crippen molar-refractivity contribution in [1.82, 2.24) is 5.32 Å². The summed E-state index contributed by atoms with van der Waals surface area (Å²) in [5, 5.41) is 2.95. The number of ether oxygens (including phenoxy) is 1. The van der Waals surface area contributed by atoms with Crippen LogP contribution in [0.1, 0.15) is 31.7 Å². The predicted molar refractivity (Wildman–Crippen MR) is 82.9 cm³/mol. The third-order valence-corrected chi connectivity index (χ3v) is 4.20. The molecule has 0 aliphatic carbocycles. The summed E-state index contributed by atoms with van der Waals surface area (Å²) < 4.78 is 5.57. The minimum Gasteiger partial charge on any atom is -0.493 e. The quantitative estimate of drug-likeness (QED) is 0.833. The number of carbonyl (C=O) groups excluding carboxylic acids is 1. The van der Waals surface area contributed by atoms with Gasteiger partial charge in [-0.2, -0.15) is 0 Å². The second-order valence-electron chi connectivity index (χ2n) is 5.69. The molecule has 1 atom stereocenters. The normalized spacial score (nSPS) is 17.8. The third kappa shape index (κ3) is 3.10. The van der Waals surface area contributed by atoms with Gasteiger partial charge in [-0.25, -0.2) is 0 Å². The van der Waals surface area contributed by atoms with E-state index in [2.05, 4.69) is 5.32 Å². The van der Waals surface area contributed by atoms with Crippen LogP contribution in [0.2, 0.25) is 0 Å². The number of para-hydroxylation sites is 1. The fourth-order valence-corrected chi connectivity index (χ4v) is 2.20. The molecule has 3 N–H and O–H groups in total. The summed E-state index contributed by atoms with van der Waals surface area (Å²) in [6.07, 6.45) is 0.691. The number of hydrogen-bond acceptors (Lipinski definition) is 3. The number of amides is 1. The van der Waals surface area contributed by atoms with Gasteiger partial charge in [0.05, 0.1) is 17.5 Å². The van der Waals surface area contributed by atoms with E-state index in [9.17, 15) is 4.79 Å². The Kier molecular flexibility index (Phi) is 4.28. The molecule has 5 heteroatoms. The molecule has 0 bridgehead atoms. The zero-order valence-corrected chi connectivity index (χ0v) is 12.6. The fourth-order valence-electron chi connectivity index (χ4n) is 2.13. The van der Waals surface area contributed by atoms with Gasteiger partial charge in [0.1, 0.15) is 5.75 Å². The summed E-state index contributed by atoms with van der Waals surface area (Å²) in [7, 11) is 0. The van der Waals surface area contributed by atoms with Gasteiger partial charge < -0.3 is 15.8 Å². The number of carbonyl (C=O) groups is 1. The van der Waals surface area contributed by atoms with E-state index < -0.39 is 0 Å². The summed E-state index contributed by atoms with van der Waals surface area (Å²) in [4.78, 5) is 12.8. The number of benzene rings is 1. The predicted octanol–water partition coefficient (Wildman–Crippen LogP) is 1.98. The molecule has 0 saturated heterocycles. The second-order valence-corrected chi connectivity index (χ2v) is 6.13. The Labute approximate surface area is 124 Å². The molecule has 1 unspecified atom stereocenters. The highest BCUT2D eigenvalue weighted by Gasteiger charge is 2.29. The lowest BCUT2D eigenvalue weighted by molar-refractivity contribution is -0.123. The Bertz CT molecular complexity index is 528. The van der Waals surface area contributed by atoms with Crippen molar-refractivity contribution in [3.63, 3.8) is 0 Å². The summed E-state index contributed by atoms with van der Waals surface area (Å²) >= 11 is 5.01. The Morgan fingerprint density at radius 1 is 1.50 bits per heavy atom. The zero-order chi connectivity index (χ0) is 14.8. The number of thiocarbonyl (C=S) groups is 1. The number of nitrogens with two attached hydrogens (primary N) is 1. The third-order valence-electron chi connectivity index (χ3n) is 3.65. The standard InChI is InChI=1S/C15H20N2O2S/c1-15(2,14(16)20)9-17-13(18)11-7-8-19-12-6-4-3-5-10(11)12/h3-6,11H,7-9H2,1-2H3,(H2,16,20)(H,17,18). The number of nitrogens with one attached hydrogen (secondary N) is 1. The van der Waals surface area contributed by atoms with Gasteiger partial charge in [-0.15, -0.1) is 0 Å². The highest BCUT2D eigenvalue weighted by Crippen LogP contribution is 2.33. The van der Waals surface area contributed by atoms with Gasteiger partial charge in [-0.05, 0) is 12.5 Å². The zero-order valence-electron chi connectivity index (χ0n) is 11.8. The molecule has 1 aromatic rings. The number of hydrogen-bond donors (Lipinski definition) is 2. The molecular weight excluding hydrogens is 272 g/mol. The Morgan fingerprint density at radius 3 is 2.90 bits per heavy atom. The van der Waals surface area contributed by atoms with Crippen LogP contribution in [0, 0.1) is 5.41 Å². The van der Waals surface area contributed by atoms with Gasteiger partial charge in [0.15, 0.2) is 0 Å². The lowest BCUT2D eigenvalue weighted by Crippen LogP contribution is -2.43. The van der Waals surface area contributed by atoms with Crippen molar-refractivity contribution < 1.29 is 9.53 Å². The van der Waals surface area contributed by atoms with E-state index in [0.29, 0.717) is 24.6 Å². The van der Waals surface area contributed by atoms with Crippen LogP contribution in [-0.2, 0) is 4.79 Å². The van der Waals surface area contributed by atoms with E-state index in [1.165, 1.54) is 0 Å². The minimum atomic E-state index is -0.379. The van der Waals surface area contributed by atoms with Crippen molar-refractivity contribution in [3.05, 3.63) is 29.8 Å². The van der Waals surface area contributed by atoms with Gasteiger partial charge in [0.25, 0.3) is 0 Å². The van der Waals surface area contributed by atoms with Gasteiger partial charge in [-0.3, -0.25) is 4.79 Å². The Hall–Kier alpha value is -1.62. The highest BCUT2D eigenvalue weighted by atomic mass is 32.1. The molecule has 0 spiro atoms. The van der Waals surface area contributed by atoms with Gasteiger partial charge >= 0.3 is 0 Å². The molecule has 4 nitrogen and oxygen atoms in total. The van der Waals surface area contributed by atoms with Crippen LogP contribution < -0.4 is 15.8 Å². The molecule has 1 aliphatic rings. The molecule has 0 aromatic heterocycles. The average molecular weight is 292 g/mol. The van der Waals surface area contributed by atoms with Crippen LogP contribution in [0.4, 0.5) is 0 Å². The summed E-state index contributed by atoms with van der Waals surface area (Å²) in [6, 6.07) is 7.67.